The fraction of sp³-hybridized carbons (Fsp3) is 0.250. The van der Waals surface area contributed by atoms with Crippen LogP contribution < -0.4 is 5.73 Å². The summed E-state index contributed by atoms with van der Waals surface area (Å²) in [6.07, 6.45) is -1.25. The van der Waals surface area contributed by atoms with E-state index in [1.165, 1.54) is 6.21 Å². The van der Waals surface area contributed by atoms with E-state index in [4.69, 9.17) is 15.0 Å². The lowest BCUT2D eigenvalue weighted by Crippen LogP contribution is -2.03. The molecule has 0 aromatic rings. The molecule has 10 heavy (non-hydrogen) atoms. The van der Waals surface area contributed by atoms with Crippen LogP contribution in [0.3, 0.4) is 0 Å². The topological polar surface area (TPSA) is 113 Å². The number of nitrogens with two attached hydrogens (primary N) is 1. The molecular formula is C4H8N2O4. The average molecular weight is 148 g/mol. The largest absolute Gasteiger partial charge is 0.465 e. The fourth-order valence-electron chi connectivity index (χ4n) is 0.110. The van der Waals surface area contributed by atoms with Crippen LogP contribution in [0.25, 0.3) is 0 Å². The van der Waals surface area contributed by atoms with E-state index in [1.807, 2.05) is 0 Å². The van der Waals surface area contributed by atoms with Crippen molar-refractivity contribution in [1.29, 1.82) is 0 Å². The number of hydrogen-bond acceptors (Lipinski definition) is 2. The molecule has 0 aromatic heterocycles. The Bertz CT molecular complexity index is 138. The number of amides is 2. The lowest BCUT2D eigenvalue weighted by atomic mass is 10.9. The molecule has 58 valence electrons. The standard InChI is InChI=1S/C3H5NO2.CH3NO2/c1-2-4-3(5)6;2-1(3)4/h2H,1H3,(H,5,6);2H2,(H,3,4). The van der Waals surface area contributed by atoms with E-state index in [1.54, 1.807) is 6.92 Å². The Morgan fingerprint density at radius 3 is 1.80 bits per heavy atom. The predicted molar refractivity (Wildman–Crippen MR) is 34.4 cm³/mol. The van der Waals surface area contributed by atoms with Crippen LogP contribution in [-0.2, 0) is 0 Å². The second kappa shape index (κ2) is 7.41. The molecule has 0 bridgehead atoms. The molecule has 4 N–H and O–H groups in total. The Labute approximate surface area is 57.0 Å². The zero-order valence-corrected chi connectivity index (χ0v) is 5.31. The minimum absolute atomic E-state index is 1.14. The van der Waals surface area contributed by atoms with Gasteiger partial charge < -0.3 is 15.9 Å². The van der Waals surface area contributed by atoms with Gasteiger partial charge in [0.2, 0.25) is 0 Å². The van der Waals surface area contributed by atoms with Crippen LogP contribution in [0, 0.1) is 0 Å². The Morgan fingerprint density at radius 2 is 1.80 bits per heavy atom. The maximum atomic E-state index is 9.40. The van der Waals surface area contributed by atoms with Crippen molar-refractivity contribution in [3.63, 3.8) is 0 Å². The highest BCUT2D eigenvalue weighted by Gasteiger charge is 1.78. The SMILES string of the molecule is CC=NC(=O)O.NC(=O)O. The monoisotopic (exact) mass is 148 g/mol. The van der Waals surface area contributed by atoms with Crippen LogP contribution in [-0.4, -0.2) is 28.6 Å². The van der Waals surface area contributed by atoms with Crippen molar-refractivity contribution >= 4 is 18.4 Å². The molecule has 0 aliphatic rings. The fourth-order valence-corrected chi connectivity index (χ4v) is 0.110. The van der Waals surface area contributed by atoms with E-state index in [9.17, 15) is 4.79 Å². The van der Waals surface area contributed by atoms with Gasteiger partial charge >= 0.3 is 12.2 Å². The van der Waals surface area contributed by atoms with Gasteiger partial charge in [0.05, 0.1) is 0 Å². The molecule has 0 fully saturated rings. The first-order valence-electron chi connectivity index (χ1n) is 2.20. The maximum absolute atomic E-state index is 9.40. The third kappa shape index (κ3) is 94.4. The molecule has 0 aromatic carbocycles. The van der Waals surface area contributed by atoms with Crippen LogP contribution in [0.2, 0.25) is 0 Å². The summed E-state index contributed by atoms with van der Waals surface area (Å²) in [6, 6.07) is 0. The normalized spacial score (nSPS) is 8.10. The van der Waals surface area contributed by atoms with Crippen molar-refractivity contribution in [1.82, 2.24) is 0 Å². The van der Waals surface area contributed by atoms with Crippen LogP contribution in [0.4, 0.5) is 9.59 Å². The molecule has 6 nitrogen and oxygen atoms in total. The Balaban J connectivity index is 0. The lowest BCUT2D eigenvalue weighted by Gasteiger charge is -1.69. The van der Waals surface area contributed by atoms with Gasteiger partial charge in [-0.25, -0.2) is 9.59 Å². The van der Waals surface area contributed by atoms with Gasteiger partial charge in [-0.1, -0.05) is 0 Å². The van der Waals surface area contributed by atoms with Crippen molar-refractivity contribution in [3.05, 3.63) is 0 Å². The summed E-state index contributed by atoms with van der Waals surface area (Å²) >= 11 is 0. The van der Waals surface area contributed by atoms with Gasteiger partial charge in [-0.05, 0) is 6.92 Å². The zero-order valence-electron chi connectivity index (χ0n) is 5.31. The van der Waals surface area contributed by atoms with Gasteiger partial charge in [0.25, 0.3) is 0 Å². The van der Waals surface area contributed by atoms with E-state index >= 15 is 0 Å². The summed E-state index contributed by atoms with van der Waals surface area (Å²) in [5, 5.41) is 14.9. The molecule has 0 atom stereocenters. The number of carboxylic acid groups (broad SMARTS) is 2. The van der Waals surface area contributed by atoms with Gasteiger partial charge in [-0.3, -0.25) is 0 Å². The van der Waals surface area contributed by atoms with E-state index in [-0.39, 0.29) is 0 Å². The van der Waals surface area contributed by atoms with Crippen LogP contribution in [0.1, 0.15) is 6.92 Å². The molecule has 0 heterocycles. The number of rotatable bonds is 0. The molecule has 0 saturated heterocycles. The Morgan fingerprint density at radius 1 is 1.50 bits per heavy atom. The van der Waals surface area contributed by atoms with Crippen molar-refractivity contribution in [2.75, 3.05) is 0 Å². The third-order valence-electron chi connectivity index (χ3n) is 0.240. The Hall–Kier alpha value is -1.59. The van der Waals surface area contributed by atoms with Gasteiger partial charge in [-0.15, -0.1) is 0 Å². The van der Waals surface area contributed by atoms with E-state index in [0.717, 1.165) is 0 Å². The first-order chi connectivity index (χ1) is 4.50. The molecule has 0 spiro atoms. The third-order valence-corrected chi connectivity index (χ3v) is 0.240. The Kier molecular flexibility index (Phi) is 8.33. The lowest BCUT2D eigenvalue weighted by molar-refractivity contribution is 0.204. The van der Waals surface area contributed by atoms with Crippen LogP contribution in [0.5, 0.6) is 0 Å². The molecule has 2 amide bonds. The molecule has 0 aliphatic carbocycles. The second-order valence-corrected chi connectivity index (χ2v) is 1.01. The molecule has 0 radical (unpaired) electrons. The van der Waals surface area contributed by atoms with Crippen molar-refractivity contribution in [2.24, 2.45) is 10.7 Å². The summed E-state index contributed by atoms with van der Waals surface area (Å²) in [5.41, 5.74) is 4.03. The van der Waals surface area contributed by atoms with E-state index < -0.39 is 12.2 Å². The minimum atomic E-state index is -1.33. The van der Waals surface area contributed by atoms with Crippen molar-refractivity contribution in [2.45, 2.75) is 6.92 Å². The molecular weight excluding hydrogens is 140 g/mol. The average Bonchev–Trinajstić information content (AvgIpc) is 1.62. The predicted octanol–water partition coefficient (Wildman–Crippen LogP) is 0.378. The van der Waals surface area contributed by atoms with E-state index in [2.05, 4.69) is 10.7 Å². The van der Waals surface area contributed by atoms with Crippen LogP contribution >= 0.6 is 0 Å². The zero-order chi connectivity index (χ0) is 8.57. The summed E-state index contributed by atoms with van der Waals surface area (Å²) in [7, 11) is 0. The first kappa shape index (κ1) is 11.2. The molecule has 0 rings (SSSR count). The molecule has 6 heteroatoms. The minimum Gasteiger partial charge on any atom is -0.465 e. The van der Waals surface area contributed by atoms with Gasteiger partial charge in [-0.2, -0.15) is 4.99 Å². The number of aliphatic imine (C=N–C) groups is 1. The second-order valence-electron chi connectivity index (χ2n) is 1.01. The summed E-state index contributed by atoms with van der Waals surface area (Å²) in [6.45, 7) is 1.55. The summed E-state index contributed by atoms with van der Waals surface area (Å²) in [4.78, 5) is 21.1. The van der Waals surface area contributed by atoms with Gasteiger partial charge in [0, 0.05) is 6.21 Å². The van der Waals surface area contributed by atoms with Gasteiger partial charge in [0.1, 0.15) is 0 Å². The smallest absolute Gasteiger partial charge is 0.430 e. The van der Waals surface area contributed by atoms with Crippen molar-refractivity contribution < 1.29 is 19.8 Å². The summed E-state index contributed by atoms with van der Waals surface area (Å²) in [5.74, 6) is 0. The number of nitrogens with zero attached hydrogens (tertiary/aromatic N) is 1. The molecule has 0 unspecified atom stereocenters. The highest BCUT2D eigenvalue weighted by Crippen LogP contribution is 1.64. The molecule has 0 saturated carbocycles. The van der Waals surface area contributed by atoms with Gasteiger partial charge in [0.15, 0.2) is 0 Å². The maximum Gasteiger partial charge on any atom is 0.430 e. The summed E-state index contributed by atoms with van der Waals surface area (Å²) < 4.78 is 0. The number of primary amides is 1. The van der Waals surface area contributed by atoms with E-state index in [0.29, 0.717) is 0 Å². The van der Waals surface area contributed by atoms with Crippen molar-refractivity contribution in [3.8, 4) is 0 Å². The number of hydrogen-bond donors (Lipinski definition) is 3. The molecule has 0 aliphatic heterocycles. The number of carbonyl (C=O) groups is 2. The van der Waals surface area contributed by atoms with Crippen LogP contribution in [0.15, 0.2) is 4.99 Å². The highest BCUT2D eigenvalue weighted by molar-refractivity contribution is 5.76. The highest BCUT2D eigenvalue weighted by atomic mass is 16.4. The first-order valence-corrected chi connectivity index (χ1v) is 2.20. The quantitative estimate of drug-likeness (QED) is 0.431.